The number of carboxylic acids is 1. The first kappa shape index (κ1) is 24.4. The molecule has 2 heterocycles. The van der Waals surface area contributed by atoms with E-state index in [0.29, 0.717) is 36.1 Å². The Morgan fingerprint density at radius 2 is 1.67 bits per heavy atom. The smallest absolute Gasteiger partial charge is 0.303 e. The number of imide groups is 1. The number of amides is 4. The van der Waals surface area contributed by atoms with Crippen molar-refractivity contribution in [2.24, 2.45) is 0 Å². The van der Waals surface area contributed by atoms with Crippen LogP contribution in [0.25, 0.3) is 0 Å². The number of fused-ring (bicyclic) bond motifs is 1. The number of piperidine rings is 1. The average molecular weight is 458 g/mol. The number of carbonyl (C=O) groups is 5. The predicted molar refractivity (Wildman–Crippen MR) is 120 cm³/mol. The van der Waals surface area contributed by atoms with E-state index in [1.54, 1.807) is 18.2 Å². The second kappa shape index (κ2) is 11.6. The van der Waals surface area contributed by atoms with Gasteiger partial charge in [0.15, 0.2) is 0 Å². The highest BCUT2D eigenvalue weighted by Gasteiger charge is 2.39. The maximum atomic E-state index is 12.9. The van der Waals surface area contributed by atoms with Crippen LogP contribution in [0.15, 0.2) is 18.2 Å². The third-order valence-corrected chi connectivity index (χ3v) is 6.15. The molecular weight excluding hydrogens is 426 g/mol. The fourth-order valence-electron chi connectivity index (χ4n) is 4.36. The zero-order chi connectivity index (χ0) is 23.8. The topological polar surface area (TPSA) is 133 Å². The van der Waals surface area contributed by atoms with Crippen molar-refractivity contribution in [2.45, 2.75) is 83.2 Å². The number of nitrogens with one attached hydrogen (secondary N) is 2. The van der Waals surface area contributed by atoms with Gasteiger partial charge in [-0.2, -0.15) is 0 Å². The van der Waals surface area contributed by atoms with Gasteiger partial charge >= 0.3 is 5.97 Å². The number of rotatable bonds is 12. The van der Waals surface area contributed by atoms with Crippen LogP contribution < -0.4 is 10.6 Å². The zero-order valence-corrected chi connectivity index (χ0v) is 18.7. The lowest BCUT2D eigenvalue weighted by Crippen LogP contribution is -2.52. The lowest BCUT2D eigenvalue weighted by atomic mass is 10.0. The second-order valence-corrected chi connectivity index (χ2v) is 8.65. The van der Waals surface area contributed by atoms with Crippen molar-refractivity contribution >= 4 is 35.3 Å². The minimum absolute atomic E-state index is 0.114. The molecule has 1 aromatic carbocycles. The Bertz CT molecular complexity index is 929. The molecule has 3 rings (SSSR count). The lowest BCUT2D eigenvalue weighted by Gasteiger charge is -2.29. The van der Waals surface area contributed by atoms with Crippen LogP contribution >= 0.6 is 0 Å². The van der Waals surface area contributed by atoms with Gasteiger partial charge in [-0.1, -0.05) is 38.2 Å². The van der Waals surface area contributed by atoms with Gasteiger partial charge in [0.25, 0.3) is 5.91 Å². The molecule has 0 aliphatic carbocycles. The Kier molecular flexibility index (Phi) is 8.57. The number of anilines is 1. The third kappa shape index (κ3) is 6.63. The molecule has 0 saturated carbocycles. The van der Waals surface area contributed by atoms with E-state index < -0.39 is 17.9 Å². The normalized spacial score (nSPS) is 17.6. The van der Waals surface area contributed by atoms with Gasteiger partial charge in [0, 0.05) is 42.6 Å². The van der Waals surface area contributed by atoms with Crippen LogP contribution in [-0.2, 0) is 25.7 Å². The standard InChI is InChI=1S/C24H31N3O6/c28-20(11-6-4-2-1-3-5-7-12-22(30)31)25-18-10-8-9-16-17(18)15-27(24(16)33)19-13-14-21(29)26-23(19)32/h8-10,19H,1-7,11-15H2,(H,25,28)(H,30,31)(H,26,29,32). The van der Waals surface area contributed by atoms with Crippen LogP contribution in [0.4, 0.5) is 5.69 Å². The molecule has 4 amide bonds. The summed E-state index contributed by atoms with van der Waals surface area (Å²) in [5.41, 5.74) is 1.75. The largest absolute Gasteiger partial charge is 0.481 e. The molecule has 178 valence electrons. The summed E-state index contributed by atoms with van der Waals surface area (Å²) in [6.45, 7) is 0.221. The summed E-state index contributed by atoms with van der Waals surface area (Å²) in [7, 11) is 0. The van der Waals surface area contributed by atoms with E-state index in [1.807, 2.05) is 0 Å². The number of carboxylic acid groups (broad SMARTS) is 1. The van der Waals surface area contributed by atoms with Crippen molar-refractivity contribution in [1.29, 1.82) is 0 Å². The van der Waals surface area contributed by atoms with Crippen molar-refractivity contribution in [1.82, 2.24) is 10.2 Å². The van der Waals surface area contributed by atoms with Crippen LogP contribution in [0, 0.1) is 0 Å². The van der Waals surface area contributed by atoms with E-state index in [2.05, 4.69) is 10.6 Å². The van der Waals surface area contributed by atoms with Crippen LogP contribution in [0.1, 0.15) is 86.6 Å². The van der Waals surface area contributed by atoms with Gasteiger partial charge in [0.1, 0.15) is 6.04 Å². The highest BCUT2D eigenvalue weighted by molar-refractivity contribution is 6.06. The Balaban J connectivity index is 1.44. The highest BCUT2D eigenvalue weighted by Crippen LogP contribution is 2.32. The molecule has 0 aromatic heterocycles. The van der Waals surface area contributed by atoms with E-state index in [9.17, 15) is 24.0 Å². The molecule has 1 atom stereocenters. The monoisotopic (exact) mass is 457 g/mol. The van der Waals surface area contributed by atoms with Crippen molar-refractivity contribution in [3.8, 4) is 0 Å². The van der Waals surface area contributed by atoms with Gasteiger partial charge in [-0.3, -0.25) is 29.3 Å². The molecule has 1 unspecified atom stereocenters. The van der Waals surface area contributed by atoms with Crippen molar-refractivity contribution in [3.63, 3.8) is 0 Å². The van der Waals surface area contributed by atoms with Crippen molar-refractivity contribution < 1.29 is 29.1 Å². The fourth-order valence-corrected chi connectivity index (χ4v) is 4.36. The first-order valence-corrected chi connectivity index (χ1v) is 11.6. The molecule has 1 saturated heterocycles. The van der Waals surface area contributed by atoms with Gasteiger partial charge in [-0.25, -0.2) is 0 Å². The Morgan fingerprint density at radius 3 is 2.33 bits per heavy atom. The number of benzene rings is 1. The van der Waals surface area contributed by atoms with Crippen LogP contribution in [-0.4, -0.2) is 45.6 Å². The molecule has 9 heteroatoms. The number of aliphatic carboxylic acids is 1. The van der Waals surface area contributed by atoms with Gasteiger partial charge < -0.3 is 15.3 Å². The van der Waals surface area contributed by atoms with Crippen molar-refractivity contribution in [3.05, 3.63) is 29.3 Å². The summed E-state index contributed by atoms with van der Waals surface area (Å²) >= 11 is 0. The number of hydrogen-bond acceptors (Lipinski definition) is 5. The highest BCUT2D eigenvalue weighted by atomic mass is 16.4. The Morgan fingerprint density at radius 1 is 1.00 bits per heavy atom. The summed E-state index contributed by atoms with van der Waals surface area (Å²) in [6.07, 6.45) is 7.47. The average Bonchev–Trinajstić information content (AvgIpc) is 3.10. The SMILES string of the molecule is O=C(O)CCCCCCCCCC(=O)Nc1cccc2c1CN(C1CCC(=O)NC1=O)C2=O. The minimum Gasteiger partial charge on any atom is -0.481 e. The number of hydrogen-bond donors (Lipinski definition) is 3. The van der Waals surface area contributed by atoms with E-state index in [-0.39, 0.29) is 37.1 Å². The molecule has 3 N–H and O–H groups in total. The maximum Gasteiger partial charge on any atom is 0.303 e. The van der Waals surface area contributed by atoms with Crippen LogP contribution in [0.2, 0.25) is 0 Å². The molecule has 0 bridgehead atoms. The molecule has 2 aliphatic heterocycles. The van der Waals surface area contributed by atoms with Gasteiger partial charge in [-0.05, 0) is 31.4 Å². The molecule has 1 aromatic rings. The fraction of sp³-hybridized carbons (Fsp3) is 0.542. The first-order valence-electron chi connectivity index (χ1n) is 11.6. The molecule has 9 nitrogen and oxygen atoms in total. The number of nitrogens with zero attached hydrogens (tertiary/aromatic N) is 1. The number of carbonyl (C=O) groups excluding carboxylic acids is 4. The third-order valence-electron chi connectivity index (χ3n) is 6.15. The number of unbranched alkanes of at least 4 members (excludes halogenated alkanes) is 6. The van der Waals surface area contributed by atoms with E-state index in [1.165, 1.54) is 4.90 Å². The maximum absolute atomic E-state index is 12.9. The van der Waals surface area contributed by atoms with Crippen LogP contribution in [0.3, 0.4) is 0 Å². The predicted octanol–water partition coefficient (Wildman–Crippen LogP) is 2.98. The summed E-state index contributed by atoms with van der Waals surface area (Å²) in [5.74, 6) is -1.92. The summed E-state index contributed by atoms with van der Waals surface area (Å²) in [5, 5.41) is 13.8. The van der Waals surface area contributed by atoms with Gasteiger partial charge in [-0.15, -0.1) is 0 Å². The molecule has 0 radical (unpaired) electrons. The molecule has 33 heavy (non-hydrogen) atoms. The lowest BCUT2D eigenvalue weighted by molar-refractivity contribution is -0.138. The molecule has 2 aliphatic rings. The Hall–Kier alpha value is -3.23. The zero-order valence-electron chi connectivity index (χ0n) is 18.7. The molecule has 1 fully saturated rings. The van der Waals surface area contributed by atoms with Gasteiger partial charge in [0.2, 0.25) is 17.7 Å². The summed E-state index contributed by atoms with van der Waals surface area (Å²) in [6, 6.07) is 4.48. The molecule has 0 spiro atoms. The molecular formula is C24H31N3O6. The summed E-state index contributed by atoms with van der Waals surface area (Å²) < 4.78 is 0. The quantitative estimate of drug-likeness (QED) is 0.326. The van der Waals surface area contributed by atoms with Gasteiger partial charge in [0.05, 0.1) is 0 Å². The minimum atomic E-state index is -0.752. The Labute approximate surface area is 192 Å². The van der Waals surface area contributed by atoms with E-state index in [4.69, 9.17) is 5.11 Å². The first-order chi connectivity index (χ1) is 15.9. The second-order valence-electron chi connectivity index (χ2n) is 8.65. The van der Waals surface area contributed by atoms with Crippen molar-refractivity contribution in [2.75, 3.05) is 5.32 Å². The summed E-state index contributed by atoms with van der Waals surface area (Å²) in [4.78, 5) is 60.9. The van der Waals surface area contributed by atoms with E-state index in [0.717, 1.165) is 38.5 Å². The van der Waals surface area contributed by atoms with E-state index >= 15 is 0 Å². The van der Waals surface area contributed by atoms with Crippen LogP contribution in [0.5, 0.6) is 0 Å².